The molecule has 0 aromatic carbocycles. The number of carbonyl (C=O) groups is 3. The number of pyridine rings is 1. The first-order chi connectivity index (χ1) is 14.6. The number of carbonyl (C=O) groups excluding carboxylic acids is 3. The van der Waals surface area contributed by atoms with Crippen LogP contribution in [0.4, 0.5) is 5.82 Å². The number of piperazine rings is 1. The maximum atomic E-state index is 12.7. The number of hydrogen-bond donors (Lipinski definition) is 1. The van der Waals surface area contributed by atoms with Crippen LogP contribution in [0, 0.1) is 0 Å². The van der Waals surface area contributed by atoms with Gasteiger partial charge in [0.25, 0.3) is 5.91 Å². The molecule has 2 fully saturated rings. The van der Waals surface area contributed by atoms with Crippen LogP contribution >= 0.6 is 0 Å². The number of esters is 1. The number of amides is 2. The fraction of sp³-hybridized carbons (Fsp3) is 0.619. The maximum Gasteiger partial charge on any atom is 0.306 e. The summed E-state index contributed by atoms with van der Waals surface area (Å²) in [5.41, 5.74) is 0.526. The highest BCUT2D eigenvalue weighted by molar-refractivity contribution is 5.99. The van der Waals surface area contributed by atoms with Crippen LogP contribution in [0.3, 0.4) is 0 Å². The first kappa shape index (κ1) is 22.0. The van der Waals surface area contributed by atoms with E-state index in [-0.39, 0.29) is 36.7 Å². The van der Waals surface area contributed by atoms with Gasteiger partial charge in [-0.3, -0.25) is 14.4 Å². The van der Waals surface area contributed by atoms with Crippen LogP contribution in [0.15, 0.2) is 18.3 Å². The lowest BCUT2D eigenvalue weighted by atomic mass is 10.2. The molecule has 1 N–H and O–H groups in total. The lowest BCUT2D eigenvalue weighted by molar-refractivity contribution is -0.145. The predicted octanol–water partition coefficient (Wildman–Crippen LogP) is 0.982. The molecule has 0 saturated carbocycles. The fourth-order valence-corrected chi connectivity index (χ4v) is 3.70. The van der Waals surface area contributed by atoms with Crippen molar-refractivity contribution in [2.75, 3.05) is 50.8 Å². The second-order valence-electron chi connectivity index (χ2n) is 7.39. The number of hydrogen-bond acceptors (Lipinski definition) is 7. The van der Waals surface area contributed by atoms with E-state index < -0.39 is 0 Å². The highest BCUT2D eigenvalue weighted by atomic mass is 16.5. The lowest BCUT2D eigenvalue weighted by Gasteiger charge is -2.36. The number of anilines is 1. The molecule has 1 aromatic rings. The average molecular weight is 418 g/mol. The zero-order valence-electron chi connectivity index (χ0n) is 17.5. The van der Waals surface area contributed by atoms with Gasteiger partial charge < -0.3 is 24.6 Å². The molecule has 9 nitrogen and oxygen atoms in total. The van der Waals surface area contributed by atoms with Crippen LogP contribution in [-0.2, 0) is 19.1 Å². The Balaban J connectivity index is 1.52. The van der Waals surface area contributed by atoms with Crippen molar-refractivity contribution < 1.29 is 23.9 Å². The molecular weight excluding hydrogens is 388 g/mol. The second-order valence-corrected chi connectivity index (χ2v) is 7.39. The summed E-state index contributed by atoms with van der Waals surface area (Å²) in [6.45, 7) is 5.51. The van der Waals surface area contributed by atoms with Crippen LogP contribution in [0.2, 0.25) is 0 Å². The van der Waals surface area contributed by atoms with E-state index >= 15 is 0 Å². The molecule has 3 rings (SSSR count). The number of rotatable bonds is 8. The Hall–Kier alpha value is -2.68. The zero-order valence-corrected chi connectivity index (χ0v) is 17.5. The van der Waals surface area contributed by atoms with Crippen LogP contribution in [-0.4, -0.2) is 79.7 Å². The Labute approximate surface area is 176 Å². The fourth-order valence-electron chi connectivity index (χ4n) is 3.70. The van der Waals surface area contributed by atoms with E-state index in [1.54, 1.807) is 30.2 Å². The van der Waals surface area contributed by atoms with E-state index in [9.17, 15) is 14.4 Å². The first-order valence-corrected chi connectivity index (χ1v) is 10.6. The van der Waals surface area contributed by atoms with Crippen molar-refractivity contribution in [1.29, 1.82) is 0 Å². The van der Waals surface area contributed by atoms with Crippen molar-refractivity contribution in [3.63, 3.8) is 0 Å². The van der Waals surface area contributed by atoms with Crippen molar-refractivity contribution in [2.45, 2.75) is 38.7 Å². The molecule has 2 amide bonds. The maximum absolute atomic E-state index is 12.7. The Morgan fingerprint density at radius 3 is 2.73 bits per heavy atom. The van der Waals surface area contributed by atoms with Gasteiger partial charge in [-0.2, -0.15) is 0 Å². The summed E-state index contributed by atoms with van der Waals surface area (Å²) >= 11 is 0. The summed E-state index contributed by atoms with van der Waals surface area (Å²) in [4.78, 5) is 44.7. The van der Waals surface area contributed by atoms with Crippen LogP contribution in [0.1, 0.15) is 43.0 Å². The number of nitrogens with one attached hydrogen (secondary N) is 1. The molecule has 2 aliphatic heterocycles. The lowest BCUT2D eigenvalue weighted by Crippen LogP contribution is -2.49. The van der Waals surface area contributed by atoms with Crippen molar-refractivity contribution in [3.05, 3.63) is 23.9 Å². The molecule has 1 unspecified atom stereocenters. The summed E-state index contributed by atoms with van der Waals surface area (Å²) in [5, 5.41) is 2.95. The van der Waals surface area contributed by atoms with Crippen molar-refractivity contribution in [1.82, 2.24) is 15.2 Å². The Kier molecular flexibility index (Phi) is 8.01. The Morgan fingerprint density at radius 2 is 2.03 bits per heavy atom. The minimum absolute atomic E-state index is 0.0572. The summed E-state index contributed by atoms with van der Waals surface area (Å²) in [5.74, 6) is 0.0531. The van der Waals surface area contributed by atoms with Gasteiger partial charge in [0, 0.05) is 51.9 Å². The molecule has 0 aliphatic carbocycles. The first-order valence-electron chi connectivity index (χ1n) is 10.6. The highest BCUT2D eigenvalue weighted by Crippen LogP contribution is 2.20. The highest BCUT2D eigenvalue weighted by Gasteiger charge is 2.25. The van der Waals surface area contributed by atoms with E-state index in [4.69, 9.17) is 9.47 Å². The third kappa shape index (κ3) is 5.91. The monoisotopic (exact) mass is 418 g/mol. The number of aromatic nitrogens is 1. The van der Waals surface area contributed by atoms with Gasteiger partial charge in [-0.25, -0.2) is 4.98 Å². The Bertz CT molecular complexity index is 743. The second kappa shape index (κ2) is 10.9. The van der Waals surface area contributed by atoms with Gasteiger partial charge in [0.15, 0.2) is 0 Å². The van der Waals surface area contributed by atoms with Crippen molar-refractivity contribution >= 4 is 23.6 Å². The van der Waals surface area contributed by atoms with Crippen molar-refractivity contribution in [3.8, 4) is 0 Å². The molecule has 1 aromatic heterocycles. The smallest absolute Gasteiger partial charge is 0.306 e. The quantitative estimate of drug-likeness (QED) is 0.628. The largest absolute Gasteiger partial charge is 0.466 e. The molecular formula is C21H30N4O5. The van der Waals surface area contributed by atoms with Gasteiger partial charge in [-0.05, 0) is 31.9 Å². The average Bonchev–Trinajstić information content (AvgIpc) is 3.30. The number of ether oxygens (including phenoxy) is 2. The van der Waals surface area contributed by atoms with E-state index in [0.717, 1.165) is 19.4 Å². The number of nitrogens with zero attached hydrogens (tertiary/aromatic N) is 3. The van der Waals surface area contributed by atoms with Gasteiger partial charge in [0.2, 0.25) is 5.91 Å². The zero-order chi connectivity index (χ0) is 21.3. The van der Waals surface area contributed by atoms with E-state index in [2.05, 4.69) is 10.3 Å². The molecule has 2 aliphatic rings. The standard InChI is InChI=1S/C21H30N4O5/c1-2-29-19(27)8-7-18(26)24-10-12-25(13-11-24)20-17(6-3-9-22-20)21(28)23-15-16-5-4-14-30-16/h3,6,9,16H,2,4-5,7-8,10-15H2,1H3,(H,23,28). The third-order valence-corrected chi connectivity index (χ3v) is 5.33. The minimum Gasteiger partial charge on any atom is -0.466 e. The summed E-state index contributed by atoms with van der Waals surface area (Å²) in [6.07, 6.45) is 4.00. The summed E-state index contributed by atoms with van der Waals surface area (Å²) in [7, 11) is 0. The Morgan fingerprint density at radius 1 is 1.23 bits per heavy atom. The van der Waals surface area contributed by atoms with Gasteiger partial charge in [0.05, 0.1) is 24.7 Å². The van der Waals surface area contributed by atoms with Gasteiger partial charge in [0.1, 0.15) is 5.82 Å². The molecule has 0 spiro atoms. The van der Waals surface area contributed by atoms with E-state index in [0.29, 0.717) is 50.7 Å². The van der Waals surface area contributed by atoms with E-state index in [1.807, 2.05) is 4.90 Å². The topological polar surface area (TPSA) is 101 Å². The molecule has 164 valence electrons. The molecule has 0 radical (unpaired) electrons. The van der Waals surface area contributed by atoms with Gasteiger partial charge in [-0.15, -0.1) is 0 Å². The summed E-state index contributed by atoms with van der Waals surface area (Å²) < 4.78 is 10.4. The van der Waals surface area contributed by atoms with E-state index in [1.165, 1.54) is 0 Å². The van der Waals surface area contributed by atoms with Gasteiger partial charge in [-0.1, -0.05) is 0 Å². The predicted molar refractivity (Wildman–Crippen MR) is 110 cm³/mol. The molecule has 1 atom stereocenters. The van der Waals surface area contributed by atoms with Crippen molar-refractivity contribution in [2.24, 2.45) is 0 Å². The molecule has 30 heavy (non-hydrogen) atoms. The van der Waals surface area contributed by atoms with Crippen LogP contribution in [0.5, 0.6) is 0 Å². The molecule has 9 heteroatoms. The normalized spacial score (nSPS) is 18.9. The SMILES string of the molecule is CCOC(=O)CCC(=O)N1CCN(c2ncccc2C(=O)NCC2CCCO2)CC1. The summed E-state index contributed by atoms with van der Waals surface area (Å²) in [6, 6.07) is 3.52. The third-order valence-electron chi connectivity index (χ3n) is 5.33. The molecule has 2 saturated heterocycles. The van der Waals surface area contributed by atoms with Crippen LogP contribution < -0.4 is 10.2 Å². The molecule has 0 bridgehead atoms. The molecule has 3 heterocycles. The van der Waals surface area contributed by atoms with Gasteiger partial charge >= 0.3 is 5.97 Å². The van der Waals surface area contributed by atoms with Crippen LogP contribution in [0.25, 0.3) is 0 Å². The minimum atomic E-state index is -0.350.